The molecule has 6 heteroatoms. The molecule has 0 saturated carbocycles. The molecule has 0 radical (unpaired) electrons. The fraction of sp³-hybridized carbons (Fsp3) is 0.111. The number of thiophene rings is 1. The van der Waals surface area contributed by atoms with Crippen LogP contribution in [0.25, 0.3) is 5.57 Å². The maximum absolute atomic E-state index is 12.7. The topological polar surface area (TPSA) is 49.4 Å². The van der Waals surface area contributed by atoms with Gasteiger partial charge in [-0.25, -0.2) is 0 Å². The molecule has 2 heterocycles. The van der Waals surface area contributed by atoms with Crippen LogP contribution >= 0.6 is 22.9 Å². The number of aryl methyl sites for hydroxylation is 1. The van der Waals surface area contributed by atoms with Crippen LogP contribution in [0.2, 0.25) is 5.02 Å². The summed E-state index contributed by atoms with van der Waals surface area (Å²) >= 11 is 7.57. The van der Waals surface area contributed by atoms with Crippen LogP contribution in [-0.4, -0.2) is 23.3 Å². The first-order valence-corrected chi connectivity index (χ1v) is 8.57. The van der Waals surface area contributed by atoms with Gasteiger partial charge in [0.05, 0.1) is 5.57 Å². The van der Waals surface area contributed by atoms with Gasteiger partial charge >= 0.3 is 0 Å². The van der Waals surface area contributed by atoms with Crippen molar-refractivity contribution in [2.45, 2.75) is 6.92 Å². The van der Waals surface area contributed by atoms with Gasteiger partial charge in [0.15, 0.2) is 0 Å². The van der Waals surface area contributed by atoms with Gasteiger partial charge in [0.25, 0.3) is 11.8 Å². The third kappa shape index (κ3) is 2.88. The van der Waals surface area contributed by atoms with E-state index in [4.69, 9.17) is 11.6 Å². The lowest BCUT2D eigenvalue weighted by Crippen LogP contribution is -2.32. The summed E-state index contributed by atoms with van der Waals surface area (Å²) in [6, 6.07) is 9.10. The Morgan fingerprint density at radius 3 is 2.71 bits per heavy atom. The SMILES string of the molecule is C=CCN1C(=O)C(Nc2ccc(C)c(Cl)c2)=C(c2cccs2)C1=O. The summed E-state index contributed by atoms with van der Waals surface area (Å²) in [7, 11) is 0. The van der Waals surface area contributed by atoms with E-state index >= 15 is 0 Å². The number of rotatable bonds is 5. The van der Waals surface area contributed by atoms with Gasteiger partial charge in [-0.2, -0.15) is 0 Å². The minimum absolute atomic E-state index is 0.173. The fourth-order valence-electron chi connectivity index (χ4n) is 2.45. The molecule has 0 bridgehead atoms. The third-order valence-corrected chi connectivity index (χ3v) is 4.98. The van der Waals surface area contributed by atoms with E-state index in [1.807, 2.05) is 36.6 Å². The van der Waals surface area contributed by atoms with Crippen LogP contribution in [0.5, 0.6) is 0 Å². The summed E-state index contributed by atoms with van der Waals surface area (Å²) in [5.41, 5.74) is 2.26. The number of benzene rings is 1. The minimum atomic E-state index is -0.361. The monoisotopic (exact) mass is 358 g/mol. The second-order valence-electron chi connectivity index (χ2n) is 5.33. The Labute approximate surface area is 149 Å². The maximum atomic E-state index is 12.7. The number of nitrogens with zero attached hydrogens (tertiary/aromatic N) is 1. The van der Waals surface area contributed by atoms with Crippen molar-refractivity contribution in [2.75, 3.05) is 11.9 Å². The van der Waals surface area contributed by atoms with Crippen LogP contribution in [0.1, 0.15) is 10.4 Å². The molecule has 0 spiro atoms. The molecule has 0 fully saturated rings. The second-order valence-corrected chi connectivity index (χ2v) is 6.68. The van der Waals surface area contributed by atoms with E-state index in [1.165, 1.54) is 22.3 Å². The molecule has 1 aliphatic rings. The van der Waals surface area contributed by atoms with Gasteiger partial charge in [-0.1, -0.05) is 29.8 Å². The van der Waals surface area contributed by atoms with Crippen LogP contribution in [0.3, 0.4) is 0 Å². The molecule has 0 atom stereocenters. The molecule has 2 amide bonds. The average Bonchev–Trinajstić information content (AvgIpc) is 3.15. The quantitative estimate of drug-likeness (QED) is 0.647. The zero-order valence-electron chi connectivity index (χ0n) is 13.0. The van der Waals surface area contributed by atoms with E-state index in [2.05, 4.69) is 11.9 Å². The van der Waals surface area contributed by atoms with Gasteiger partial charge < -0.3 is 5.32 Å². The molecule has 4 nitrogen and oxygen atoms in total. The van der Waals surface area contributed by atoms with Crippen molar-refractivity contribution in [3.8, 4) is 0 Å². The molecule has 24 heavy (non-hydrogen) atoms. The molecule has 122 valence electrons. The largest absolute Gasteiger partial charge is 0.350 e. The van der Waals surface area contributed by atoms with Gasteiger partial charge in [-0.3, -0.25) is 14.5 Å². The Morgan fingerprint density at radius 1 is 1.29 bits per heavy atom. The zero-order valence-corrected chi connectivity index (χ0v) is 14.6. The highest BCUT2D eigenvalue weighted by Crippen LogP contribution is 2.33. The van der Waals surface area contributed by atoms with E-state index in [-0.39, 0.29) is 24.1 Å². The van der Waals surface area contributed by atoms with Gasteiger partial charge in [0.2, 0.25) is 0 Å². The summed E-state index contributed by atoms with van der Waals surface area (Å²) < 4.78 is 0. The maximum Gasteiger partial charge on any atom is 0.278 e. The van der Waals surface area contributed by atoms with Gasteiger partial charge in [0.1, 0.15) is 5.70 Å². The van der Waals surface area contributed by atoms with Crippen molar-refractivity contribution in [2.24, 2.45) is 0 Å². The van der Waals surface area contributed by atoms with Crippen molar-refractivity contribution in [3.63, 3.8) is 0 Å². The first-order chi connectivity index (χ1) is 11.5. The van der Waals surface area contributed by atoms with Gasteiger partial charge in [-0.15, -0.1) is 17.9 Å². The van der Waals surface area contributed by atoms with Gasteiger partial charge in [0, 0.05) is 22.1 Å². The lowest BCUT2D eigenvalue weighted by molar-refractivity contribution is -0.136. The molecular weight excluding hydrogens is 344 g/mol. The lowest BCUT2D eigenvalue weighted by atomic mass is 10.1. The molecule has 1 N–H and O–H groups in total. The van der Waals surface area contributed by atoms with Crippen molar-refractivity contribution in [1.29, 1.82) is 0 Å². The van der Waals surface area contributed by atoms with E-state index in [0.717, 1.165) is 10.4 Å². The van der Waals surface area contributed by atoms with Crippen molar-refractivity contribution >= 4 is 46.0 Å². The predicted octanol–water partition coefficient (Wildman–Crippen LogP) is 4.09. The predicted molar refractivity (Wildman–Crippen MR) is 98.0 cm³/mol. The van der Waals surface area contributed by atoms with Crippen molar-refractivity contribution < 1.29 is 9.59 Å². The molecule has 3 rings (SSSR count). The molecular formula is C18H15ClN2O2S. The van der Waals surface area contributed by atoms with E-state index in [1.54, 1.807) is 6.07 Å². The Morgan fingerprint density at radius 2 is 2.08 bits per heavy atom. The van der Waals surface area contributed by atoms with Crippen LogP contribution in [-0.2, 0) is 9.59 Å². The second kappa shape index (κ2) is 6.63. The Hall–Kier alpha value is -2.37. The zero-order chi connectivity index (χ0) is 17.3. The first kappa shape index (κ1) is 16.5. The average molecular weight is 359 g/mol. The summed E-state index contributed by atoms with van der Waals surface area (Å²) in [6.45, 7) is 5.69. The third-order valence-electron chi connectivity index (χ3n) is 3.69. The van der Waals surface area contributed by atoms with Crippen LogP contribution < -0.4 is 5.32 Å². The number of nitrogens with one attached hydrogen (secondary N) is 1. The number of hydrogen-bond donors (Lipinski definition) is 1. The molecule has 0 unspecified atom stereocenters. The number of hydrogen-bond acceptors (Lipinski definition) is 4. The highest BCUT2D eigenvalue weighted by molar-refractivity contribution is 7.11. The standard InChI is InChI=1S/C18H15ClN2O2S/c1-3-8-21-17(22)15(14-5-4-9-24-14)16(18(21)23)20-12-7-6-11(2)13(19)10-12/h3-7,9-10,20H,1,8H2,2H3. The smallest absolute Gasteiger partial charge is 0.278 e. The van der Waals surface area contributed by atoms with Crippen LogP contribution in [0.4, 0.5) is 5.69 Å². The highest BCUT2D eigenvalue weighted by atomic mass is 35.5. The first-order valence-electron chi connectivity index (χ1n) is 7.31. The Bertz CT molecular complexity index is 856. The number of amides is 2. The summed E-state index contributed by atoms with van der Waals surface area (Å²) in [5, 5.41) is 5.54. The lowest BCUT2D eigenvalue weighted by Gasteiger charge is -2.12. The Kier molecular flexibility index (Phi) is 4.55. The summed E-state index contributed by atoms with van der Waals surface area (Å²) in [4.78, 5) is 27.3. The number of carbonyl (C=O) groups excluding carboxylic acids is 2. The molecule has 0 aliphatic carbocycles. The molecule has 2 aromatic rings. The van der Waals surface area contributed by atoms with E-state index in [0.29, 0.717) is 16.3 Å². The number of imide groups is 1. The summed E-state index contributed by atoms with van der Waals surface area (Å²) in [6.07, 6.45) is 1.54. The van der Waals surface area contributed by atoms with Crippen LogP contribution in [0, 0.1) is 6.92 Å². The fourth-order valence-corrected chi connectivity index (χ4v) is 3.40. The normalized spacial score (nSPS) is 14.5. The Balaban J connectivity index is 2.05. The number of carbonyl (C=O) groups is 2. The highest BCUT2D eigenvalue weighted by Gasteiger charge is 2.38. The minimum Gasteiger partial charge on any atom is -0.350 e. The molecule has 1 aromatic carbocycles. The molecule has 1 aromatic heterocycles. The van der Waals surface area contributed by atoms with Crippen LogP contribution in [0.15, 0.2) is 54.1 Å². The molecule has 1 aliphatic heterocycles. The number of anilines is 1. The van der Waals surface area contributed by atoms with Gasteiger partial charge in [-0.05, 0) is 36.1 Å². The van der Waals surface area contributed by atoms with E-state index in [9.17, 15) is 9.59 Å². The summed E-state index contributed by atoms with van der Waals surface area (Å²) in [5.74, 6) is -0.678. The van der Waals surface area contributed by atoms with Crippen molar-refractivity contribution in [3.05, 3.63) is 69.5 Å². The molecule has 0 saturated heterocycles. The van der Waals surface area contributed by atoms with E-state index < -0.39 is 0 Å². The van der Waals surface area contributed by atoms with Crippen molar-refractivity contribution in [1.82, 2.24) is 4.90 Å². The number of halogens is 1.